The maximum atomic E-state index is 10.4. The normalized spacial score (nSPS) is 12.6. The smallest absolute Gasteiger partial charge is 0.157 e. The van der Waals surface area contributed by atoms with Gasteiger partial charge in [0.15, 0.2) is 6.29 Å². The number of rotatable bonds is 3. The Balaban J connectivity index is 3.17. The first-order chi connectivity index (χ1) is 7.66. The van der Waals surface area contributed by atoms with Crippen molar-refractivity contribution < 1.29 is 9.53 Å². The largest absolute Gasteiger partial charge is 0.485 e. The molecule has 1 rings (SSSR count). The number of hydrogen-bond donors (Lipinski definition) is 0. The summed E-state index contributed by atoms with van der Waals surface area (Å²) in [6.45, 7) is 13.2. The van der Waals surface area contributed by atoms with Gasteiger partial charge in [0.05, 0.1) is 4.88 Å². The number of carbonyl (C=O) groups is 1. The van der Waals surface area contributed by atoms with Crippen molar-refractivity contribution in [3.05, 3.63) is 15.8 Å². The van der Waals surface area contributed by atoms with Gasteiger partial charge < -0.3 is 4.74 Å². The highest BCUT2D eigenvalue weighted by Gasteiger charge is 2.26. The first-order valence-corrected chi connectivity index (χ1v) is 6.69. The second kappa shape index (κ2) is 4.81. The highest BCUT2D eigenvalue weighted by atomic mass is 32.1. The molecule has 0 aliphatic carbocycles. The molecule has 2 nitrogen and oxygen atoms in total. The standard InChI is InChI=1S/C14H22O2S/c1-13(2,3)11-9-10(16-8-7-15)12(17-11)14(4,5)6/h7,9H,8H2,1-6H3. The van der Waals surface area contributed by atoms with Gasteiger partial charge in [0, 0.05) is 4.88 Å². The van der Waals surface area contributed by atoms with E-state index in [4.69, 9.17) is 4.74 Å². The third kappa shape index (κ3) is 3.56. The molecule has 96 valence electrons. The zero-order valence-electron chi connectivity index (χ0n) is 11.6. The van der Waals surface area contributed by atoms with Gasteiger partial charge in [0.2, 0.25) is 0 Å². The zero-order valence-corrected chi connectivity index (χ0v) is 12.4. The molecule has 0 unspecified atom stereocenters. The molecular weight excluding hydrogens is 232 g/mol. The SMILES string of the molecule is CC(C)(C)c1cc(OCC=O)c(C(C)(C)C)s1. The summed E-state index contributed by atoms with van der Waals surface area (Å²) in [5, 5.41) is 0. The Kier molecular flexibility index (Phi) is 4.03. The predicted molar refractivity (Wildman–Crippen MR) is 73.3 cm³/mol. The van der Waals surface area contributed by atoms with E-state index in [1.54, 1.807) is 11.3 Å². The second-order valence-electron chi connectivity index (χ2n) is 6.28. The number of ether oxygens (including phenoxy) is 1. The molecule has 0 spiro atoms. The van der Waals surface area contributed by atoms with E-state index in [1.165, 1.54) is 9.75 Å². The van der Waals surface area contributed by atoms with E-state index in [-0.39, 0.29) is 17.4 Å². The summed E-state index contributed by atoms with van der Waals surface area (Å²) < 4.78 is 5.53. The van der Waals surface area contributed by atoms with Crippen LogP contribution in [0.15, 0.2) is 6.07 Å². The van der Waals surface area contributed by atoms with Gasteiger partial charge in [-0.05, 0) is 16.9 Å². The first kappa shape index (κ1) is 14.2. The molecule has 0 saturated carbocycles. The fourth-order valence-corrected chi connectivity index (χ4v) is 2.71. The second-order valence-corrected chi connectivity index (χ2v) is 7.33. The molecule has 17 heavy (non-hydrogen) atoms. The van der Waals surface area contributed by atoms with Crippen LogP contribution in [0.3, 0.4) is 0 Å². The van der Waals surface area contributed by atoms with Gasteiger partial charge in [0.25, 0.3) is 0 Å². The third-order valence-electron chi connectivity index (χ3n) is 2.43. The molecule has 0 bridgehead atoms. The number of thiophene rings is 1. The molecule has 1 aromatic rings. The highest BCUT2D eigenvalue weighted by Crippen LogP contribution is 2.42. The van der Waals surface area contributed by atoms with Gasteiger partial charge in [-0.2, -0.15) is 0 Å². The number of carbonyl (C=O) groups excluding carboxylic acids is 1. The van der Waals surface area contributed by atoms with Crippen LogP contribution in [-0.2, 0) is 15.6 Å². The number of aldehydes is 1. The summed E-state index contributed by atoms with van der Waals surface area (Å²) in [6, 6.07) is 2.08. The average Bonchev–Trinajstić information content (AvgIpc) is 2.56. The predicted octanol–water partition coefficient (Wildman–Crippen LogP) is 3.92. The fraction of sp³-hybridized carbons (Fsp3) is 0.643. The maximum absolute atomic E-state index is 10.4. The lowest BCUT2D eigenvalue weighted by atomic mass is 9.92. The van der Waals surface area contributed by atoms with Crippen molar-refractivity contribution >= 4 is 17.6 Å². The van der Waals surface area contributed by atoms with E-state index in [0.29, 0.717) is 0 Å². The van der Waals surface area contributed by atoms with E-state index in [0.717, 1.165) is 12.0 Å². The summed E-state index contributed by atoms with van der Waals surface area (Å²) in [7, 11) is 0. The van der Waals surface area contributed by atoms with Crippen molar-refractivity contribution in [1.82, 2.24) is 0 Å². The van der Waals surface area contributed by atoms with Gasteiger partial charge in [0.1, 0.15) is 12.4 Å². The van der Waals surface area contributed by atoms with E-state index in [9.17, 15) is 4.79 Å². The van der Waals surface area contributed by atoms with Crippen molar-refractivity contribution in [1.29, 1.82) is 0 Å². The molecule has 0 amide bonds. The Morgan fingerprint density at radius 3 is 2.18 bits per heavy atom. The lowest BCUT2D eigenvalue weighted by Crippen LogP contribution is -2.11. The van der Waals surface area contributed by atoms with Crippen molar-refractivity contribution in [2.45, 2.75) is 52.4 Å². The molecule has 0 aliphatic heterocycles. The van der Waals surface area contributed by atoms with Crippen molar-refractivity contribution in [3.63, 3.8) is 0 Å². The van der Waals surface area contributed by atoms with E-state index in [1.807, 2.05) is 0 Å². The van der Waals surface area contributed by atoms with Crippen molar-refractivity contribution in [3.8, 4) is 5.75 Å². The van der Waals surface area contributed by atoms with Crippen LogP contribution in [0.2, 0.25) is 0 Å². The van der Waals surface area contributed by atoms with Crippen LogP contribution in [0, 0.1) is 0 Å². The average molecular weight is 254 g/mol. The lowest BCUT2D eigenvalue weighted by Gasteiger charge is -2.19. The molecule has 0 saturated heterocycles. The van der Waals surface area contributed by atoms with Crippen LogP contribution < -0.4 is 4.74 Å². The topological polar surface area (TPSA) is 26.3 Å². The van der Waals surface area contributed by atoms with Crippen LogP contribution in [0.5, 0.6) is 5.75 Å². The Labute approximate surface area is 108 Å². The van der Waals surface area contributed by atoms with E-state index < -0.39 is 0 Å². The Morgan fingerprint density at radius 1 is 1.18 bits per heavy atom. The van der Waals surface area contributed by atoms with Crippen molar-refractivity contribution in [2.24, 2.45) is 0 Å². The minimum absolute atomic E-state index is 0.0480. The zero-order chi connectivity index (χ0) is 13.3. The Hall–Kier alpha value is -0.830. The lowest BCUT2D eigenvalue weighted by molar-refractivity contribution is -0.109. The Bertz CT molecular complexity index is 391. The minimum atomic E-state index is 0.0480. The van der Waals surface area contributed by atoms with Crippen LogP contribution >= 0.6 is 11.3 Å². The summed E-state index contributed by atoms with van der Waals surface area (Å²) in [5.41, 5.74) is 0.167. The van der Waals surface area contributed by atoms with Gasteiger partial charge in [-0.1, -0.05) is 41.5 Å². The molecule has 0 aliphatic rings. The summed E-state index contributed by atoms with van der Waals surface area (Å²) >= 11 is 1.78. The Morgan fingerprint density at radius 2 is 1.76 bits per heavy atom. The quantitative estimate of drug-likeness (QED) is 0.764. The summed E-state index contributed by atoms with van der Waals surface area (Å²) in [4.78, 5) is 12.9. The van der Waals surface area contributed by atoms with Gasteiger partial charge in [-0.3, -0.25) is 4.79 Å². The monoisotopic (exact) mass is 254 g/mol. The van der Waals surface area contributed by atoms with E-state index in [2.05, 4.69) is 47.6 Å². The summed E-state index contributed by atoms with van der Waals surface area (Å²) in [6.07, 6.45) is 0.793. The molecule has 0 fully saturated rings. The van der Waals surface area contributed by atoms with Gasteiger partial charge in [-0.25, -0.2) is 0 Å². The van der Waals surface area contributed by atoms with E-state index >= 15 is 0 Å². The van der Waals surface area contributed by atoms with Crippen LogP contribution in [0.4, 0.5) is 0 Å². The molecule has 1 heterocycles. The molecule has 0 aromatic carbocycles. The van der Waals surface area contributed by atoms with Crippen LogP contribution in [0.25, 0.3) is 0 Å². The molecule has 0 N–H and O–H groups in total. The summed E-state index contributed by atoms with van der Waals surface area (Å²) in [5.74, 6) is 0.861. The molecule has 3 heteroatoms. The molecule has 0 atom stereocenters. The number of hydrogen-bond acceptors (Lipinski definition) is 3. The highest BCUT2D eigenvalue weighted by molar-refractivity contribution is 7.12. The molecule has 0 radical (unpaired) electrons. The first-order valence-electron chi connectivity index (χ1n) is 5.87. The minimum Gasteiger partial charge on any atom is -0.485 e. The molecule has 1 aromatic heterocycles. The van der Waals surface area contributed by atoms with Crippen molar-refractivity contribution in [2.75, 3.05) is 6.61 Å². The van der Waals surface area contributed by atoms with Gasteiger partial charge >= 0.3 is 0 Å². The maximum Gasteiger partial charge on any atom is 0.157 e. The fourth-order valence-electron chi connectivity index (χ4n) is 1.50. The van der Waals surface area contributed by atoms with Gasteiger partial charge in [-0.15, -0.1) is 11.3 Å². The molecular formula is C14H22O2S. The van der Waals surface area contributed by atoms with Crippen LogP contribution in [-0.4, -0.2) is 12.9 Å². The third-order valence-corrected chi connectivity index (χ3v) is 4.39. The van der Waals surface area contributed by atoms with Crippen LogP contribution in [0.1, 0.15) is 51.3 Å².